The minimum absolute atomic E-state index is 0.292. The van der Waals surface area contributed by atoms with Crippen molar-refractivity contribution in [3.05, 3.63) is 94.7 Å². The summed E-state index contributed by atoms with van der Waals surface area (Å²) in [4.78, 5) is 30.4. The predicted molar refractivity (Wildman–Crippen MR) is 131 cm³/mol. The number of nitrogens with one attached hydrogen (secondary N) is 1. The van der Waals surface area contributed by atoms with Gasteiger partial charge in [-0.1, -0.05) is 41.5 Å². The van der Waals surface area contributed by atoms with E-state index in [1.807, 2.05) is 94.4 Å². The lowest BCUT2D eigenvalue weighted by Crippen LogP contribution is -2.32. The standard InChI is InChI=1S/C27H27N3O2/c1-17-6-11-22(12-7-17)30-26(31)24(23-15-8-18(2)16-19(23)3)25(27(30)32)28-20-9-13-21(14-10-20)29(4)5/h6-16,28H,1-5H3. The summed E-state index contributed by atoms with van der Waals surface area (Å²) < 4.78 is 0. The monoisotopic (exact) mass is 425 g/mol. The van der Waals surface area contributed by atoms with E-state index in [-0.39, 0.29) is 11.8 Å². The summed E-state index contributed by atoms with van der Waals surface area (Å²) in [6, 6.07) is 21.1. The molecule has 1 aliphatic heterocycles. The van der Waals surface area contributed by atoms with Gasteiger partial charge in [0.1, 0.15) is 5.70 Å². The van der Waals surface area contributed by atoms with Gasteiger partial charge in [0.2, 0.25) is 0 Å². The number of hydrogen-bond acceptors (Lipinski definition) is 4. The van der Waals surface area contributed by atoms with E-state index < -0.39 is 0 Å². The number of imide groups is 1. The van der Waals surface area contributed by atoms with Crippen molar-refractivity contribution in [2.24, 2.45) is 0 Å². The average Bonchev–Trinajstić information content (AvgIpc) is 2.99. The second-order valence-electron chi connectivity index (χ2n) is 8.42. The Morgan fingerprint density at radius 3 is 1.97 bits per heavy atom. The van der Waals surface area contributed by atoms with E-state index in [1.165, 1.54) is 4.90 Å². The molecule has 4 rings (SSSR count). The van der Waals surface area contributed by atoms with E-state index in [0.29, 0.717) is 17.0 Å². The summed E-state index contributed by atoms with van der Waals surface area (Å²) >= 11 is 0. The topological polar surface area (TPSA) is 52.7 Å². The number of amides is 2. The maximum Gasteiger partial charge on any atom is 0.282 e. The number of anilines is 3. The first kappa shape index (κ1) is 21.4. The maximum atomic E-state index is 13.6. The highest BCUT2D eigenvalue weighted by Crippen LogP contribution is 2.35. The number of carbonyl (C=O) groups is 2. The Kier molecular flexibility index (Phi) is 5.57. The van der Waals surface area contributed by atoms with E-state index in [1.54, 1.807) is 12.1 Å². The van der Waals surface area contributed by atoms with Gasteiger partial charge in [-0.2, -0.15) is 0 Å². The van der Waals surface area contributed by atoms with Gasteiger partial charge in [-0.15, -0.1) is 0 Å². The fourth-order valence-corrected chi connectivity index (χ4v) is 3.91. The van der Waals surface area contributed by atoms with Crippen LogP contribution in [0.4, 0.5) is 17.1 Å². The molecule has 0 aromatic heterocycles. The lowest BCUT2D eigenvalue weighted by molar-refractivity contribution is -0.120. The molecular formula is C27H27N3O2. The molecule has 3 aromatic carbocycles. The zero-order valence-electron chi connectivity index (χ0n) is 19.1. The lowest BCUT2D eigenvalue weighted by Gasteiger charge is -2.16. The van der Waals surface area contributed by atoms with Gasteiger partial charge < -0.3 is 10.2 Å². The third kappa shape index (κ3) is 3.89. The Balaban J connectivity index is 1.81. The van der Waals surface area contributed by atoms with Gasteiger partial charge in [0.25, 0.3) is 11.8 Å². The molecule has 1 aliphatic rings. The number of carbonyl (C=O) groups excluding carboxylic acids is 2. The first-order valence-electron chi connectivity index (χ1n) is 10.6. The largest absolute Gasteiger partial charge is 0.378 e. The number of benzene rings is 3. The summed E-state index contributed by atoms with van der Waals surface area (Å²) in [5, 5.41) is 3.24. The summed E-state index contributed by atoms with van der Waals surface area (Å²) in [5.41, 5.74) is 6.93. The van der Waals surface area contributed by atoms with Crippen LogP contribution in [0, 0.1) is 20.8 Å². The Morgan fingerprint density at radius 1 is 0.750 bits per heavy atom. The van der Waals surface area contributed by atoms with Crippen LogP contribution in [-0.2, 0) is 9.59 Å². The number of nitrogens with zero attached hydrogens (tertiary/aromatic N) is 2. The lowest BCUT2D eigenvalue weighted by atomic mass is 9.97. The van der Waals surface area contributed by atoms with Gasteiger partial charge in [-0.3, -0.25) is 9.59 Å². The number of hydrogen-bond donors (Lipinski definition) is 1. The van der Waals surface area contributed by atoms with Crippen molar-refractivity contribution >= 4 is 34.4 Å². The highest BCUT2D eigenvalue weighted by Gasteiger charge is 2.40. The highest BCUT2D eigenvalue weighted by molar-refractivity contribution is 6.46. The van der Waals surface area contributed by atoms with Crippen LogP contribution in [0.15, 0.2) is 72.4 Å². The molecule has 0 radical (unpaired) electrons. The maximum absolute atomic E-state index is 13.6. The van der Waals surface area contributed by atoms with E-state index in [0.717, 1.165) is 33.6 Å². The molecule has 1 N–H and O–H groups in total. The minimum atomic E-state index is -0.356. The van der Waals surface area contributed by atoms with Gasteiger partial charge in [0.15, 0.2) is 0 Å². The molecule has 5 heteroatoms. The summed E-state index contributed by atoms with van der Waals surface area (Å²) in [5.74, 6) is -0.677. The van der Waals surface area contributed by atoms with E-state index in [2.05, 4.69) is 5.32 Å². The van der Waals surface area contributed by atoms with Gasteiger partial charge in [-0.25, -0.2) is 4.90 Å². The minimum Gasteiger partial charge on any atom is -0.378 e. The first-order chi connectivity index (χ1) is 15.3. The summed E-state index contributed by atoms with van der Waals surface area (Å²) in [6.45, 7) is 5.95. The normalized spacial score (nSPS) is 13.7. The smallest absolute Gasteiger partial charge is 0.282 e. The fourth-order valence-electron chi connectivity index (χ4n) is 3.91. The van der Waals surface area contributed by atoms with Gasteiger partial charge >= 0.3 is 0 Å². The van der Waals surface area contributed by atoms with Crippen LogP contribution in [0.2, 0.25) is 0 Å². The number of rotatable bonds is 5. The van der Waals surface area contributed by atoms with Crippen molar-refractivity contribution < 1.29 is 9.59 Å². The van der Waals surface area contributed by atoms with Crippen molar-refractivity contribution in [3.8, 4) is 0 Å². The molecule has 32 heavy (non-hydrogen) atoms. The predicted octanol–water partition coefficient (Wildman–Crippen LogP) is 5.07. The van der Waals surface area contributed by atoms with Crippen LogP contribution in [0.1, 0.15) is 22.3 Å². The number of aryl methyl sites for hydroxylation is 3. The van der Waals surface area contributed by atoms with E-state index in [9.17, 15) is 9.59 Å². The van der Waals surface area contributed by atoms with Crippen LogP contribution in [0.3, 0.4) is 0 Å². The van der Waals surface area contributed by atoms with E-state index >= 15 is 0 Å². The molecule has 5 nitrogen and oxygen atoms in total. The van der Waals surface area contributed by atoms with Crippen molar-refractivity contribution in [1.29, 1.82) is 0 Å². The molecule has 2 amide bonds. The second kappa shape index (κ2) is 8.35. The van der Waals surface area contributed by atoms with Gasteiger partial charge in [0, 0.05) is 25.5 Å². The molecule has 0 atom stereocenters. The van der Waals surface area contributed by atoms with Crippen LogP contribution < -0.4 is 15.1 Å². The quantitative estimate of drug-likeness (QED) is 0.580. The van der Waals surface area contributed by atoms with E-state index in [4.69, 9.17) is 0 Å². The van der Waals surface area contributed by atoms with Crippen LogP contribution in [0.5, 0.6) is 0 Å². The average molecular weight is 426 g/mol. The summed E-state index contributed by atoms with van der Waals surface area (Å²) in [7, 11) is 3.95. The highest BCUT2D eigenvalue weighted by atomic mass is 16.2. The first-order valence-corrected chi connectivity index (χ1v) is 10.6. The Bertz CT molecular complexity index is 1220. The molecule has 0 aliphatic carbocycles. The Hall–Kier alpha value is -3.86. The van der Waals surface area contributed by atoms with Crippen molar-refractivity contribution in [2.45, 2.75) is 20.8 Å². The molecular weight excluding hydrogens is 398 g/mol. The third-order valence-corrected chi connectivity index (χ3v) is 5.68. The molecule has 1 heterocycles. The molecule has 0 saturated heterocycles. The van der Waals surface area contributed by atoms with Crippen LogP contribution in [0.25, 0.3) is 5.57 Å². The molecule has 0 spiro atoms. The second-order valence-corrected chi connectivity index (χ2v) is 8.42. The third-order valence-electron chi connectivity index (χ3n) is 5.68. The Labute approximate surface area is 189 Å². The van der Waals surface area contributed by atoms with Crippen molar-refractivity contribution in [1.82, 2.24) is 0 Å². The molecule has 3 aromatic rings. The molecule has 0 bridgehead atoms. The SMILES string of the molecule is Cc1ccc(N2C(=O)C(Nc3ccc(N(C)C)cc3)=C(c3ccc(C)cc3C)C2=O)cc1. The Morgan fingerprint density at radius 2 is 1.38 bits per heavy atom. The zero-order valence-corrected chi connectivity index (χ0v) is 19.1. The molecule has 162 valence electrons. The van der Waals surface area contributed by atoms with Crippen LogP contribution >= 0.6 is 0 Å². The zero-order chi connectivity index (χ0) is 23.0. The molecule has 0 unspecified atom stereocenters. The summed E-state index contributed by atoms with van der Waals surface area (Å²) in [6.07, 6.45) is 0. The van der Waals surface area contributed by atoms with Gasteiger partial charge in [-0.05, 0) is 68.3 Å². The van der Waals surface area contributed by atoms with Crippen LogP contribution in [-0.4, -0.2) is 25.9 Å². The van der Waals surface area contributed by atoms with Gasteiger partial charge in [0.05, 0.1) is 11.3 Å². The van der Waals surface area contributed by atoms with Crippen molar-refractivity contribution in [2.75, 3.05) is 29.2 Å². The fraction of sp³-hybridized carbons (Fsp3) is 0.185. The molecule has 0 fully saturated rings. The van der Waals surface area contributed by atoms with Crippen molar-refractivity contribution in [3.63, 3.8) is 0 Å². The molecule has 0 saturated carbocycles.